The van der Waals surface area contributed by atoms with Gasteiger partial charge >= 0.3 is 0 Å². The van der Waals surface area contributed by atoms with Crippen LogP contribution in [0.25, 0.3) is 0 Å². The summed E-state index contributed by atoms with van der Waals surface area (Å²) in [6.45, 7) is 6.18. The van der Waals surface area contributed by atoms with Crippen molar-refractivity contribution in [2.24, 2.45) is 11.1 Å². The number of hydrogen-bond acceptors (Lipinski definition) is 2. The molecule has 4 heteroatoms. The van der Waals surface area contributed by atoms with Crippen LogP contribution in [-0.2, 0) is 0 Å². The highest BCUT2D eigenvalue weighted by molar-refractivity contribution is 5.94. The number of benzene rings is 1. The van der Waals surface area contributed by atoms with Crippen LogP contribution in [0.15, 0.2) is 12.1 Å². The highest BCUT2D eigenvalue weighted by Crippen LogP contribution is 2.38. The topological polar surface area (TPSA) is 55.1 Å². The SMILES string of the molecule is Cc1c(F)cc(C(N)=O)cc1NC1CCCCC1(C)C. The van der Waals surface area contributed by atoms with Crippen LogP contribution >= 0.6 is 0 Å². The van der Waals surface area contributed by atoms with Gasteiger partial charge in [-0.15, -0.1) is 0 Å². The van der Waals surface area contributed by atoms with Gasteiger partial charge in [0.15, 0.2) is 0 Å². The molecule has 20 heavy (non-hydrogen) atoms. The van der Waals surface area contributed by atoms with Crippen LogP contribution in [0.4, 0.5) is 10.1 Å². The van der Waals surface area contributed by atoms with Crippen molar-refractivity contribution in [1.29, 1.82) is 0 Å². The first-order chi connectivity index (χ1) is 9.31. The van der Waals surface area contributed by atoms with Crippen LogP contribution < -0.4 is 11.1 Å². The van der Waals surface area contributed by atoms with Gasteiger partial charge in [0.05, 0.1) is 0 Å². The normalized spacial score (nSPS) is 21.5. The minimum absolute atomic E-state index is 0.171. The number of halogens is 1. The van der Waals surface area contributed by atoms with Crippen LogP contribution in [0.2, 0.25) is 0 Å². The molecule has 1 aromatic carbocycles. The number of amides is 1. The van der Waals surface area contributed by atoms with Gasteiger partial charge in [0.1, 0.15) is 5.82 Å². The molecule has 0 spiro atoms. The van der Waals surface area contributed by atoms with Gasteiger partial charge in [-0.1, -0.05) is 26.7 Å². The van der Waals surface area contributed by atoms with Crippen LogP contribution in [0.3, 0.4) is 0 Å². The predicted octanol–water partition coefficient (Wildman–Crippen LogP) is 3.61. The van der Waals surface area contributed by atoms with Crippen LogP contribution in [0.1, 0.15) is 55.5 Å². The van der Waals surface area contributed by atoms with Crippen molar-refractivity contribution in [3.8, 4) is 0 Å². The second-order valence-corrected chi connectivity index (χ2v) is 6.43. The molecule has 1 aliphatic carbocycles. The number of rotatable bonds is 3. The second kappa shape index (κ2) is 5.43. The summed E-state index contributed by atoms with van der Waals surface area (Å²) < 4.78 is 13.9. The number of nitrogens with two attached hydrogens (primary N) is 1. The summed E-state index contributed by atoms with van der Waals surface area (Å²) in [5, 5.41) is 3.43. The van der Waals surface area contributed by atoms with E-state index < -0.39 is 11.7 Å². The number of nitrogens with one attached hydrogen (secondary N) is 1. The van der Waals surface area contributed by atoms with E-state index in [0.717, 1.165) is 12.8 Å². The zero-order chi connectivity index (χ0) is 14.9. The molecule has 1 atom stereocenters. The molecule has 1 aliphatic rings. The van der Waals surface area contributed by atoms with Gasteiger partial charge in [0.25, 0.3) is 0 Å². The van der Waals surface area contributed by atoms with Gasteiger partial charge in [0.2, 0.25) is 5.91 Å². The van der Waals surface area contributed by atoms with Gasteiger partial charge in [-0.25, -0.2) is 4.39 Å². The fraction of sp³-hybridized carbons (Fsp3) is 0.562. The van der Waals surface area contributed by atoms with Gasteiger partial charge in [0, 0.05) is 22.9 Å². The Morgan fingerprint density at radius 2 is 2.10 bits per heavy atom. The fourth-order valence-electron chi connectivity index (χ4n) is 2.92. The minimum atomic E-state index is -0.602. The summed E-state index contributed by atoms with van der Waals surface area (Å²) >= 11 is 0. The van der Waals surface area contributed by atoms with Crippen molar-refractivity contribution in [2.75, 3.05) is 5.32 Å². The monoisotopic (exact) mass is 278 g/mol. The summed E-state index contributed by atoms with van der Waals surface area (Å²) in [6.07, 6.45) is 4.63. The fourth-order valence-corrected chi connectivity index (χ4v) is 2.92. The quantitative estimate of drug-likeness (QED) is 0.887. The number of anilines is 1. The lowest BCUT2D eigenvalue weighted by atomic mass is 9.73. The standard InChI is InChI=1S/C16H23FN2O/c1-10-12(17)8-11(15(18)20)9-13(10)19-14-6-4-5-7-16(14,2)3/h8-9,14,19H,4-7H2,1-3H3,(H2,18,20). The Hall–Kier alpha value is -1.58. The van der Waals surface area contributed by atoms with Crippen molar-refractivity contribution in [3.63, 3.8) is 0 Å². The second-order valence-electron chi connectivity index (χ2n) is 6.43. The molecule has 3 nitrogen and oxygen atoms in total. The number of carbonyl (C=O) groups is 1. The first-order valence-electron chi connectivity index (χ1n) is 7.18. The maximum Gasteiger partial charge on any atom is 0.248 e. The molecule has 0 bridgehead atoms. The molecule has 0 aromatic heterocycles. The van der Waals surface area contributed by atoms with Gasteiger partial charge in [-0.3, -0.25) is 4.79 Å². The minimum Gasteiger partial charge on any atom is -0.381 e. The lowest BCUT2D eigenvalue weighted by Crippen LogP contribution is -2.39. The molecule has 1 amide bonds. The predicted molar refractivity (Wildman–Crippen MR) is 79.3 cm³/mol. The molecular weight excluding hydrogens is 255 g/mol. The Balaban J connectivity index is 2.30. The summed E-state index contributed by atoms with van der Waals surface area (Å²) in [6, 6.07) is 3.15. The molecule has 0 saturated heterocycles. The summed E-state index contributed by atoms with van der Waals surface area (Å²) in [5.41, 5.74) is 6.86. The highest BCUT2D eigenvalue weighted by atomic mass is 19.1. The Morgan fingerprint density at radius 1 is 1.40 bits per heavy atom. The molecule has 0 aliphatic heterocycles. The summed E-state index contributed by atoms with van der Waals surface area (Å²) in [4.78, 5) is 11.3. The molecule has 1 unspecified atom stereocenters. The summed E-state index contributed by atoms with van der Waals surface area (Å²) in [5.74, 6) is -0.993. The van der Waals surface area contributed by atoms with Crippen molar-refractivity contribution in [3.05, 3.63) is 29.1 Å². The van der Waals surface area contributed by atoms with E-state index in [1.165, 1.54) is 18.9 Å². The summed E-state index contributed by atoms with van der Waals surface area (Å²) in [7, 11) is 0. The highest BCUT2D eigenvalue weighted by Gasteiger charge is 2.32. The Morgan fingerprint density at radius 3 is 2.70 bits per heavy atom. The van der Waals surface area contributed by atoms with Crippen LogP contribution in [0, 0.1) is 18.2 Å². The molecule has 1 saturated carbocycles. The van der Waals surface area contributed by atoms with Gasteiger partial charge < -0.3 is 11.1 Å². The van der Waals surface area contributed by atoms with Crippen molar-refractivity contribution < 1.29 is 9.18 Å². The first kappa shape index (κ1) is 14.8. The average molecular weight is 278 g/mol. The van der Waals surface area contributed by atoms with E-state index in [9.17, 15) is 9.18 Å². The van der Waals surface area contributed by atoms with E-state index >= 15 is 0 Å². The number of hydrogen-bond donors (Lipinski definition) is 2. The van der Waals surface area contributed by atoms with Crippen LogP contribution in [0.5, 0.6) is 0 Å². The van der Waals surface area contributed by atoms with E-state index in [2.05, 4.69) is 19.2 Å². The smallest absolute Gasteiger partial charge is 0.248 e. The zero-order valence-corrected chi connectivity index (χ0v) is 12.4. The van der Waals surface area contributed by atoms with Crippen molar-refractivity contribution in [2.45, 2.75) is 52.5 Å². The molecular formula is C16H23FN2O. The third-order valence-corrected chi connectivity index (χ3v) is 4.47. The van der Waals surface area contributed by atoms with Crippen molar-refractivity contribution >= 4 is 11.6 Å². The lowest BCUT2D eigenvalue weighted by Gasteiger charge is -2.40. The maximum atomic E-state index is 13.9. The first-order valence-corrected chi connectivity index (χ1v) is 7.18. The van der Waals surface area contributed by atoms with Gasteiger partial charge in [-0.2, -0.15) is 0 Å². The molecule has 3 N–H and O–H groups in total. The third kappa shape index (κ3) is 2.94. The molecule has 1 fully saturated rings. The lowest BCUT2D eigenvalue weighted by molar-refractivity contribution is 0.1000. The average Bonchev–Trinajstić information content (AvgIpc) is 2.36. The third-order valence-electron chi connectivity index (χ3n) is 4.47. The van der Waals surface area contributed by atoms with E-state index in [4.69, 9.17) is 5.73 Å². The van der Waals surface area contributed by atoms with E-state index in [-0.39, 0.29) is 17.0 Å². The van der Waals surface area contributed by atoms with Crippen LogP contribution in [-0.4, -0.2) is 11.9 Å². The van der Waals surface area contributed by atoms with Crippen molar-refractivity contribution in [1.82, 2.24) is 0 Å². The molecule has 1 aromatic rings. The number of carbonyl (C=O) groups excluding carboxylic acids is 1. The Bertz CT molecular complexity index is 525. The molecule has 0 heterocycles. The van der Waals surface area contributed by atoms with Gasteiger partial charge in [-0.05, 0) is 37.3 Å². The molecule has 110 valence electrons. The Labute approximate surface area is 119 Å². The van der Waals surface area contributed by atoms with E-state index in [0.29, 0.717) is 11.3 Å². The largest absolute Gasteiger partial charge is 0.381 e. The molecule has 0 radical (unpaired) electrons. The van der Waals surface area contributed by atoms with E-state index in [1.807, 2.05) is 0 Å². The molecule has 2 rings (SSSR count). The zero-order valence-electron chi connectivity index (χ0n) is 12.4. The van der Waals surface area contributed by atoms with E-state index in [1.54, 1.807) is 13.0 Å². The maximum absolute atomic E-state index is 13.9. The Kier molecular flexibility index (Phi) is 4.02. The number of primary amides is 1.